The van der Waals surface area contributed by atoms with Crippen molar-refractivity contribution in [1.29, 1.82) is 0 Å². The molecule has 1 aromatic heterocycles. The molecule has 0 saturated heterocycles. The van der Waals surface area contributed by atoms with E-state index in [0.717, 1.165) is 23.9 Å². The van der Waals surface area contributed by atoms with E-state index in [2.05, 4.69) is 64.6 Å². The quantitative estimate of drug-likeness (QED) is 0.00994. The second kappa shape index (κ2) is 19.6. The van der Waals surface area contributed by atoms with Gasteiger partial charge in [0.2, 0.25) is 11.2 Å². The fraction of sp³-hybridized carbons (Fsp3) is 0.0400. The molecule has 1 heterocycles. The molecule has 0 aliphatic heterocycles. The molecule has 0 aliphatic carbocycles. The van der Waals surface area contributed by atoms with E-state index >= 15 is 0 Å². The van der Waals surface area contributed by atoms with Crippen LogP contribution in [-0.4, -0.2) is 75.9 Å². The van der Waals surface area contributed by atoms with Crippen LogP contribution in [-0.2, 0) is 54.0 Å². The van der Waals surface area contributed by atoms with Gasteiger partial charge in [-0.1, -0.05) is 16.8 Å². The van der Waals surface area contributed by atoms with Gasteiger partial charge < -0.3 is 21.9 Å². The number of carboxylic acid groups (broad SMARTS) is 1. The lowest BCUT2D eigenvalue weighted by atomic mass is 10.2. The number of nitrogens with zero attached hydrogens (tertiary/aromatic N) is 7. The highest BCUT2D eigenvalue weighted by molar-refractivity contribution is 8.04. The van der Waals surface area contributed by atoms with Crippen LogP contribution in [0.3, 0.4) is 0 Å². The number of hydrogen-bond acceptors (Lipinski definition) is 25. The van der Waals surface area contributed by atoms with Crippen molar-refractivity contribution in [3.05, 3.63) is 47.7 Å². The Labute approximate surface area is 342 Å². The van der Waals surface area contributed by atoms with Gasteiger partial charge in [-0.2, -0.15) is 40.2 Å². The van der Waals surface area contributed by atoms with Crippen LogP contribution in [0.4, 0.5) is 45.8 Å². The summed E-state index contributed by atoms with van der Waals surface area (Å²) in [5.74, 6) is -1.66. The van der Waals surface area contributed by atoms with Crippen LogP contribution in [0.2, 0.25) is 5.28 Å². The summed E-state index contributed by atoms with van der Waals surface area (Å²) in [4.78, 5) is 25.0. The summed E-state index contributed by atoms with van der Waals surface area (Å²) in [5, 5.41) is 41.4. The van der Waals surface area contributed by atoms with Crippen molar-refractivity contribution in [2.75, 3.05) is 22.5 Å². The van der Waals surface area contributed by atoms with E-state index in [1.807, 2.05) is 0 Å². The Morgan fingerprint density at radius 2 is 1.55 bits per heavy atom. The minimum absolute atomic E-state index is 0.0160. The van der Waals surface area contributed by atoms with E-state index in [0.29, 0.717) is 29.9 Å². The number of carboxylic acids is 1. The summed E-state index contributed by atoms with van der Waals surface area (Å²) < 4.78 is 106. The summed E-state index contributed by atoms with van der Waals surface area (Å²) in [6.45, 7) is 0. The zero-order valence-electron chi connectivity index (χ0n) is 27.6. The molecular formula is C25H19ClN10O16S6. The van der Waals surface area contributed by atoms with Crippen molar-refractivity contribution in [3.63, 3.8) is 0 Å². The second-order valence-electron chi connectivity index (χ2n) is 9.86. The zero-order chi connectivity index (χ0) is 42.8. The first kappa shape index (κ1) is 45.7. The van der Waals surface area contributed by atoms with Crippen LogP contribution in [0.1, 0.15) is 0 Å². The molecule has 0 bridgehead atoms. The fourth-order valence-corrected chi connectivity index (χ4v) is 6.95. The van der Waals surface area contributed by atoms with E-state index in [1.54, 1.807) is 6.11 Å². The maximum absolute atomic E-state index is 12.3. The van der Waals surface area contributed by atoms with Gasteiger partial charge in [-0.05, 0) is 70.2 Å². The molecule has 0 unspecified atom stereocenters. The van der Waals surface area contributed by atoms with E-state index in [-0.39, 0.29) is 43.3 Å². The minimum atomic E-state index is -5.14. The largest absolute Gasteiger partial charge is 0.481 e. The predicted octanol–water partition coefficient (Wildman–Crippen LogP) is 5.12. The average Bonchev–Trinajstić information content (AvgIpc) is 3.11. The van der Waals surface area contributed by atoms with Crippen LogP contribution in [0, 0.1) is 11.4 Å². The fourth-order valence-electron chi connectivity index (χ4n) is 3.79. The molecule has 0 fully saturated rings. The van der Waals surface area contributed by atoms with Gasteiger partial charge in [0.15, 0.2) is 11.3 Å². The first-order valence-electron chi connectivity index (χ1n) is 14.1. The third-order valence-electron chi connectivity index (χ3n) is 5.98. The number of rotatable bonds is 17. The standard InChI is InChI=1S/C25H19ClN10O16S6/c26-23-30-24(32-25(31-23)54-10-19(37)38)29-11-1-4-16(55-51-50-39)14(7-11)34-36-22-20(27)15(9-18(21(22)28)57(43,44)45)35-33-13-3-2-12(8-17(13)56(40,41)42)53-6-5-49-52-58(46,47)48/h1-4,7-9,39H,10,27-28H2,(H,37,38)(H,40,41,42)(H,43,44,45)(H,46,47,48)(H,29,30,31,32). The maximum Gasteiger partial charge on any atom is 0.433 e. The molecule has 26 nitrogen and oxygen atoms in total. The van der Waals surface area contributed by atoms with Gasteiger partial charge >= 0.3 is 16.4 Å². The van der Waals surface area contributed by atoms with Gasteiger partial charge in [-0.3, -0.25) is 23.3 Å². The van der Waals surface area contributed by atoms with Gasteiger partial charge in [0.05, 0.1) is 34.1 Å². The van der Waals surface area contributed by atoms with Gasteiger partial charge in [-0.25, -0.2) is 5.26 Å². The normalized spacial score (nSPS) is 12.1. The lowest BCUT2D eigenvalue weighted by molar-refractivity contribution is -0.432. The van der Waals surface area contributed by atoms with Crippen LogP contribution >= 0.6 is 47.2 Å². The third kappa shape index (κ3) is 13.6. The molecule has 0 atom stereocenters. The van der Waals surface area contributed by atoms with E-state index in [9.17, 15) is 39.2 Å². The number of thioether (sulfide) groups is 2. The Morgan fingerprint density at radius 1 is 0.862 bits per heavy atom. The first-order valence-corrected chi connectivity index (χ1v) is 21.3. The minimum Gasteiger partial charge on any atom is -0.481 e. The molecule has 4 aromatic rings. The lowest BCUT2D eigenvalue weighted by Gasteiger charge is -2.11. The lowest BCUT2D eigenvalue weighted by Crippen LogP contribution is -2.05. The van der Waals surface area contributed by atoms with Crippen LogP contribution in [0.5, 0.6) is 0 Å². The molecule has 10 N–H and O–H groups in total. The molecule has 0 spiro atoms. The van der Waals surface area contributed by atoms with Crippen molar-refractivity contribution < 1.29 is 72.7 Å². The molecule has 4 rings (SSSR count). The monoisotopic (exact) mass is 942 g/mol. The summed E-state index contributed by atoms with van der Waals surface area (Å²) in [7, 11) is -15.2. The second-order valence-corrected chi connectivity index (χ2v) is 16.5. The Balaban J connectivity index is 1.74. The van der Waals surface area contributed by atoms with Crippen LogP contribution in [0.25, 0.3) is 0 Å². The molecule has 3 aromatic carbocycles. The average molecular weight is 943 g/mol. The number of nitrogens with two attached hydrogens (primary N) is 2. The number of benzene rings is 3. The number of nitrogens with one attached hydrogen (secondary N) is 1. The third-order valence-corrected chi connectivity index (χ3v) is 10.3. The van der Waals surface area contributed by atoms with Crippen molar-refractivity contribution >= 4 is 130 Å². The van der Waals surface area contributed by atoms with Crippen molar-refractivity contribution in [2.45, 2.75) is 24.7 Å². The number of aromatic nitrogens is 3. The Morgan fingerprint density at radius 3 is 2.21 bits per heavy atom. The van der Waals surface area contributed by atoms with Gasteiger partial charge in [0.1, 0.15) is 32.5 Å². The predicted molar refractivity (Wildman–Crippen MR) is 201 cm³/mol. The van der Waals surface area contributed by atoms with Crippen molar-refractivity contribution in [2.24, 2.45) is 20.5 Å². The van der Waals surface area contributed by atoms with Gasteiger partial charge in [0.25, 0.3) is 20.2 Å². The number of nitrogen functional groups attached to an aromatic ring is 2. The highest BCUT2D eigenvalue weighted by Crippen LogP contribution is 2.44. The van der Waals surface area contributed by atoms with Crippen LogP contribution in [0.15, 0.2) is 87.7 Å². The summed E-state index contributed by atoms with van der Waals surface area (Å²) >= 11 is 7.67. The van der Waals surface area contributed by atoms with Crippen molar-refractivity contribution in [3.8, 4) is 11.4 Å². The van der Waals surface area contributed by atoms with E-state index in [4.69, 9.17) is 38.0 Å². The summed E-state index contributed by atoms with van der Waals surface area (Å²) in [5.41, 5.74) is 9.31. The summed E-state index contributed by atoms with van der Waals surface area (Å²) in [6.07, 6.45) is 1.73. The molecule has 0 saturated carbocycles. The molecule has 58 heavy (non-hydrogen) atoms. The SMILES string of the molecule is Nc1c(N=Nc2ccc(SC#COOS(=O)(=O)O)cc2S(=O)(=O)O)cc(S(=O)(=O)O)c(N)c1N=Nc1cc(Nc2nc(Cl)nc(SCC(=O)O)n2)ccc1SOOO. The first-order chi connectivity index (χ1) is 27.1. The highest BCUT2D eigenvalue weighted by atomic mass is 35.5. The smallest absolute Gasteiger partial charge is 0.433 e. The molecule has 308 valence electrons. The number of anilines is 4. The van der Waals surface area contributed by atoms with E-state index in [1.165, 1.54) is 24.3 Å². The molecule has 0 aliphatic rings. The maximum atomic E-state index is 12.3. The van der Waals surface area contributed by atoms with Gasteiger partial charge in [-0.15, -0.1) is 24.8 Å². The Bertz CT molecular complexity index is 2700. The number of carbonyl (C=O) groups is 1. The molecule has 33 heteroatoms. The number of halogens is 1. The van der Waals surface area contributed by atoms with E-state index < -0.39 is 74.8 Å². The Hall–Kier alpha value is -4.99. The topological polar surface area (TPSA) is 410 Å². The van der Waals surface area contributed by atoms with Crippen molar-refractivity contribution in [1.82, 2.24) is 15.0 Å². The number of aliphatic carboxylic acids is 1. The number of hydrogen-bond donors (Lipinski definition) is 8. The van der Waals surface area contributed by atoms with Gasteiger partial charge in [0, 0.05) is 15.8 Å². The Kier molecular flexibility index (Phi) is 15.5. The summed E-state index contributed by atoms with van der Waals surface area (Å²) in [6, 6.07) is 7.84. The molecular weight excluding hydrogens is 924 g/mol. The highest BCUT2D eigenvalue weighted by Gasteiger charge is 2.23. The molecule has 0 radical (unpaired) electrons. The van der Waals surface area contributed by atoms with Crippen LogP contribution < -0.4 is 16.8 Å². The molecule has 0 amide bonds. The zero-order valence-corrected chi connectivity index (χ0v) is 33.2. The number of azo groups is 2.